The first-order valence-electron chi connectivity index (χ1n) is 6.67. The lowest BCUT2D eigenvalue weighted by atomic mass is 9.92. The molecular formula is C15H23NO2. The third-order valence-corrected chi connectivity index (χ3v) is 3.74. The number of methoxy groups -OCH3 is 2. The van der Waals surface area contributed by atoms with Gasteiger partial charge in [0.15, 0.2) is 0 Å². The van der Waals surface area contributed by atoms with Crippen molar-refractivity contribution in [2.45, 2.75) is 32.2 Å². The van der Waals surface area contributed by atoms with E-state index >= 15 is 0 Å². The largest absolute Gasteiger partial charge is 0.496 e. The Morgan fingerprint density at radius 1 is 1.17 bits per heavy atom. The minimum atomic E-state index is 0.534. The second kappa shape index (κ2) is 6.10. The summed E-state index contributed by atoms with van der Waals surface area (Å²) in [5.74, 6) is 2.64. The molecule has 1 aliphatic heterocycles. The maximum Gasteiger partial charge on any atom is 0.125 e. The molecular weight excluding hydrogens is 226 g/mol. The molecule has 0 radical (unpaired) electrons. The van der Waals surface area contributed by atoms with Gasteiger partial charge in [0.1, 0.15) is 11.5 Å². The molecule has 1 saturated heterocycles. The van der Waals surface area contributed by atoms with Gasteiger partial charge < -0.3 is 14.8 Å². The van der Waals surface area contributed by atoms with E-state index in [0.29, 0.717) is 6.04 Å². The number of ether oxygens (including phenoxy) is 2. The van der Waals surface area contributed by atoms with Crippen molar-refractivity contribution in [2.24, 2.45) is 5.92 Å². The Hall–Kier alpha value is -1.22. The highest BCUT2D eigenvalue weighted by molar-refractivity contribution is 5.45. The number of hydrogen-bond donors (Lipinski definition) is 1. The van der Waals surface area contributed by atoms with E-state index in [9.17, 15) is 0 Å². The van der Waals surface area contributed by atoms with Crippen LogP contribution in [0.1, 0.15) is 25.3 Å². The number of rotatable bonds is 4. The summed E-state index contributed by atoms with van der Waals surface area (Å²) in [7, 11) is 3.43. The molecule has 0 amide bonds. The summed E-state index contributed by atoms with van der Waals surface area (Å²) >= 11 is 0. The molecule has 1 aromatic rings. The first kappa shape index (κ1) is 13.2. The van der Waals surface area contributed by atoms with E-state index in [2.05, 4.69) is 12.2 Å². The van der Waals surface area contributed by atoms with Gasteiger partial charge in [0.2, 0.25) is 0 Å². The molecule has 100 valence electrons. The van der Waals surface area contributed by atoms with E-state index < -0.39 is 0 Å². The predicted molar refractivity (Wildman–Crippen MR) is 73.4 cm³/mol. The predicted octanol–water partition coefficient (Wildman–Crippen LogP) is 2.63. The molecule has 1 fully saturated rings. The van der Waals surface area contributed by atoms with Crippen LogP contribution in [-0.2, 0) is 6.42 Å². The maximum absolute atomic E-state index is 5.44. The topological polar surface area (TPSA) is 30.5 Å². The van der Waals surface area contributed by atoms with Crippen LogP contribution in [-0.4, -0.2) is 26.8 Å². The van der Waals surface area contributed by atoms with Crippen LogP contribution < -0.4 is 14.8 Å². The minimum absolute atomic E-state index is 0.534. The Bertz CT molecular complexity index is 362. The van der Waals surface area contributed by atoms with Gasteiger partial charge in [-0.2, -0.15) is 0 Å². The van der Waals surface area contributed by atoms with Gasteiger partial charge >= 0.3 is 0 Å². The number of nitrogens with one attached hydrogen (secondary N) is 1. The fourth-order valence-electron chi connectivity index (χ4n) is 2.61. The second-order valence-corrected chi connectivity index (χ2v) is 5.13. The fourth-order valence-corrected chi connectivity index (χ4v) is 2.61. The Kier molecular flexibility index (Phi) is 4.48. The van der Waals surface area contributed by atoms with Crippen molar-refractivity contribution in [3.8, 4) is 11.5 Å². The molecule has 0 saturated carbocycles. The van der Waals surface area contributed by atoms with Gasteiger partial charge in [0.05, 0.1) is 14.2 Å². The SMILES string of the molecule is COc1cccc(OC)c1CC1CCC(C)CN1. The van der Waals surface area contributed by atoms with Crippen molar-refractivity contribution in [2.75, 3.05) is 20.8 Å². The minimum Gasteiger partial charge on any atom is -0.496 e. The van der Waals surface area contributed by atoms with Crippen LogP contribution in [0.4, 0.5) is 0 Å². The normalized spacial score (nSPS) is 23.7. The zero-order valence-corrected chi connectivity index (χ0v) is 11.5. The van der Waals surface area contributed by atoms with E-state index in [0.717, 1.165) is 30.4 Å². The van der Waals surface area contributed by atoms with Gasteiger partial charge in [-0.1, -0.05) is 13.0 Å². The van der Waals surface area contributed by atoms with Crippen LogP contribution in [0.5, 0.6) is 11.5 Å². The molecule has 1 aliphatic rings. The first-order valence-corrected chi connectivity index (χ1v) is 6.67. The molecule has 3 nitrogen and oxygen atoms in total. The standard InChI is InChI=1S/C15H23NO2/c1-11-7-8-12(16-10-11)9-13-14(17-2)5-4-6-15(13)18-3/h4-6,11-12,16H,7-10H2,1-3H3. The van der Waals surface area contributed by atoms with Crippen LogP contribution in [0.2, 0.25) is 0 Å². The average Bonchev–Trinajstić information content (AvgIpc) is 2.41. The van der Waals surface area contributed by atoms with Gasteiger partial charge in [-0.3, -0.25) is 0 Å². The lowest BCUT2D eigenvalue weighted by molar-refractivity contribution is 0.318. The molecule has 2 atom stereocenters. The summed E-state index contributed by atoms with van der Waals surface area (Å²) in [6, 6.07) is 6.51. The van der Waals surface area contributed by atoms with E-state index in [1.54, 1.807) is 14.2 Å². The summed E-state index contributed by atoms with van der Waals surface area (Å²) in [6.45, 7) is 3.41. The van der Waals surface area contributed by atoms with Crippen molar-refractivity contribution in [1.82, 2.24) is 5.32 Å². The lowest BCUT2D eigenvalue weighted by Gasteiger charge is -2.28. The lowest BCUT2D eigenvalue weighted by Crippen LogP contribution is -2.39. The summed E-state index contributed by atoms with van der Waals surface area (Å²) < 4.78 is 10.9. The molecule has 3 heteroatoms. The molecule has 1 heterocycles. The van der Waals surface area contributed by atoms with Crippen molar-refractivity contribution in [1.29, 1.82) is 0 Å². The van der Waals surface area contributed by atoms with Crippen LogP contribution in [0.15, 0.2) is 18.2 Å². The molecule has 2 rings (SSSR count). The molecule has 1 N–H and O–H groups in total. The molecule has 1 aromatic carbocycles. The summed E-state index contributed by atoms with van der Waals surface area (Å²) in [4.78, 5) is 0. The van der Waals surface area contributed by atoms with Gasteiger partial charge in [0, 0.05) is 11.6 Å². The van der Waals surface area contributed by atoms with Gasteiger partial charge in [0.25, 0.3) is 0 Å². The first-order chi connectivity index (χ1) is 8.74. The smallest absolute Gasteiger partial charge is 0.125 e. The molecule has 18 heavy (non-hydrogen) atoms. The second-order valence-electron chi connectivity index (χ2n) is 5.13. The highest BCUT2D eigenvalue weighted by atomic mass is 16.5. The molecule has 0 spiro atoms. The Morgan fingerprint density at radius 2 is 1.83 bits per heavy atom. The van der Waals surface area contributed by atoms with E-state index in [1.165, 1.54) is 18.4 Å². The highest BCUT2D eigenvalue weighted by Gasteiger charge is 2.20. The Morgan fingerprint density at radius 3 is 2.33 bits per heavy atom. The Balaban J connectivity index is 2.12. The fraction of sp³-hybridized carbons (Fsp3) is 0.600. The van der Waals surface area contributed by atoms with Gasteiger partial charge in [-0.15, -0.1) is 0 Å². The third-order valence-electron chi connectivity index (χ3n) is 3.74. The zero-order valence-electron chi connectivity index (χ0n) is 11.5. The van der Waals surface area contributed by atoms with Crippen molar-refractivity contribution >= 4 is 0 Å². The molecule has 2 unspecified atom stereocenters. The molecule has 0 aliphatic carbocycles. The molecule has 0 bridgehead atoms. The van der Waals surface area contributed by atoms with Crippen LogP contribution in [0, 0.1) is 5.92 Å². The van der Waals surface area contributed by atoms with E-state index in [1.807, 2.05) is 18.2 Å². The number of piperidine rings is 1. The van der Waals surface area contributed by atoms with Crippen LogP contribution in [0.25, 0.3) is 0 Å². The molecule has 0 aromatic heterocycles. The number of benzene rings is 1. The highest BCUT2D eigenvalue weighted by Crippen LogP contribution is 2.30. The Labute approximate surface area is 109 Å². The van der Waals surface area contributed by atoms with E-state index in [-0.39, 0.29) is 0 Å². The van der Waals surface area contributed by atoms with Gasteiger partial charge in [-0.25, -0.2) is 0 Å². The summed E-state index contributed by atoms with van der Waals surface area (Å²) in [5, 5.41) is 3.61. The third kappa shape index (κ3) is 2.96. The van der Waals surface area contributed by atoms with Crippen LogP contribution >= 0.6 is 0 Å². The average molecular weight is 249 g/mol. The van der Waals surface area contributed by atoms with Gasteiger partial charge in [-0.05, 0) is 43.9 Å². The van der Waals surface area contributed by atoms with Crippen molar-refractivity contribution in [3.63, 3.8) is 0 Å². The van der Waals surface area contributed by atoms with Crippen molar-refractivity contribution in [3.05, 3.63) is 23.8 Å². The number of hydrogen-bond acceptors (Lipinski definition) is 3. The van der Waals surface area contributed by atoms with E-state index in [4.69, 9.17) is 9.47 Å². The quantitative estimate of drug-likeness (QED) is 0.890. The monoisotopic (exact) mass is 249 g/mol. The summed E-state index contributed by atoms with van der Waals surface area (Å²) in [6.07, 6.45) is 3.50. The maximum atomic E-state index is 5.44. The summed E-state index contributed by atoms with van der Waals surface area (Å²) in [5.41, 5.74) is 1.18. The van der Waals surface area contributed by atoms with Crippen LogP contribution in [0.3, 0.4) is 0 Å². The van der Waals surface area contributed by atoms with Crippen molar-refractivity contribution < 1.29 is 9.47 Å². The zero-order chi connectivity index (χ0) is 13.0.